The number of aryl methyl sites for hydroxylation is 1. The maximum Gasteiger partial charge on any atom is 0.230 e. The number of hydrogen-bond acceptors (Lipinski definition) is 2. The molecule has 0 radical (unpaired) electrons. The van der Waals surface area contributed by atoms with Crippen LogP contribution in [0.1, 0.15) is 37.3 Å². The second kappa shape index (κ2) is 5.74. The number of rotatable bonds is 6. The van der Waals surface area contributed by atoms with Crippen molar-refractivity contribution in [1.29, 1.82) is 0 Å². The second-order valence-corrected chi connectivity index (χ2v) is 5.71. The van der Waals surface area contributed by atoms with E-state index in [1.54, 1.807) is 0 Å². The van der Waals surface area contributed by atoms with E-state index in [2.05, 4.69) is 31.2 Å². The van der Waals surface area contributed by atoms with Crippen molar-refractivity contribution in [3.63, 3.8) is 0 Å². The Balaban J connectivity index is 1.95. The van der Waals surface area contributed by atoms with Crippen molar-refractivity contribution < 1.29 is 4.79 Å². The van der Waals surface area contributed by atoms with Gasteiger partial charge < -0.3 is 10.6 Å². The van der Waals surface area contributed by atoms with Gasteiger partial charge >= 0.3 is 0 Å². The maximum atomic E-state index is 12.3. The molecule has 1 aliphatic rings. The van der Waals surface area contributed by atoms with Gasteiger partial charge in [-0.15, -0.1) is 0 Å². The summed E-state index contributed by atoms with van der Waals surface area (Å²) >= 11 is 0. The van der Waals surface area contributed by atoms with Crippen LogP contribution in [0.3, 0.4) is 0 Å². The number of benzene rings is 1. The van der Waals surface area contributed by atoms with Gasteiger partial charge in [0.2, 0.25) is 5.91 Å². The molecule has 0 bridgehead atoms. The molecule has 1 saturated carbocycles. The molecule has 1 aromatic carbocycles. The summed E-state index contributed by atoms with van der Waals surface area (Å²) in [6.07, 6.45) is 4.17. The van der Waals surface area contributed by atoms with Gasteiger partial charge in [-0.05, 0) is 30.4 Å². The molecule has 0 saturated heterocycles. The van der Waals surface area contributed by atoms with Gasteiger partial charge in [-0.3, -0.25) is 4.79 Å². The van der Waals surface area contributed by atoms with Gasteiger partial charge in [-0.25, -0.2) is 0 Å². The molecule has 0 spiro atoms. The van der Waals surface area contributed by atoms with Crippen LogP contribution < -0.4 is 5.73 Å². The highest BCUT2D eigenvalue weighted by atomic mass is 16.2. The molecule has 2 rings (SSSR count). The lowest BCUT2D eigenvalue weighted by Gasteiger charge is -2.22. The molecule has 2 N–H and O–H groups in total. The summed E-state index contributed by atoms with van der Waals surface area (Å²) in [5.74, 6) is 0.202. The van der Waals surface area contributed by atoms with Gasteiger partial charge in [0.05, 0.1) is 5.41 Å². The Kier molecular flexibility index (Phi) is 4.25. The summed E-state index contributed by atoms with van der Waals surface area (Å²) in [7, 11) is 1.87. The number of carbonyl (C=O) groups excluding carboxylic acids is 1. The van der Waals surface area contributed by atoms with Gasteiger partial charge in [0.1, 0.15) is 0 Å². The van der Waals surface area contributed by atoms with Crippen molar-refractivity contribution in [1.82, 2.24) is 4.90 Å². The van der Waals surface area contributed by atoms with Crippen LogP contribution in [0.25, 0.3) is 0 Å². The summed E-state index contributed by atoms with van der Waals surface area (Å²) in [5, 5.41) is 0. The van der Waals surface area contributed by atoms with Gasteiger partial charge in [0, 0.05) is 20.1 Å². The largest absolute Gasteiger partial charge is 0.341 e. The van der Waals surface area contributed by atoms with Crippen LogP contribution in [0, 0.1) is 5.41 Å². The highest BCUT2D eigenvalue weighted by Gasteiger charge is 2.49. The number of amides is 1. The third-order valence-corrected chi connectivity index (χ3v) is 4.03. The lowest BCUT2D eigenvalue weighted by atomic mass is 10.0. The van der Waals surface area contributed by atoms with E-state index in [1.165, 1.54) is 11.1 Å². The highest BCUT2D eigenvalue weighted by Crippen LogP contribution is 2.46. The van der Waals surface area contributed by atoms with Gasteiger partial charge in [-0.2, -0.15) is 0 Å². The van der Waals surface area contributed by atoms with Crippen molar-refractivity contribution in [2.45, 2.75) is 39.2 Å². The zero-order valence-electron chi connectivity index (χ0n) is 12.0. The molecule has 1 fully saturated rings. The Morgan fingerprint density at radius 3 is 2.32 bits per heavy atom. The van der Waals surface area contributed by atoms with Crippen molar-refractivity contribution >= 4 is 5.91 Å². The van der Waals surface area contributed by atoms with Crippen molar-refractivity contribution in [3.05, 3.63) is 35.4 Å². The molecular weight excluding hydrogens is 236 g/mol. The van der Waals surface area contributed by atoms with E-state index in [1.807, 2.05) is 11.9 Å². The molecule has 1 amide bonds. The molecule has 19 heavy (non-hydrogen) atoms. The second-order valence-electron chi connectivity index (χ2n) is 5.71. The summed E-state index contributed by atoms with van der Waals surface area (Å²) in [6, 6.07) is 8.56. The SMILES string of the molecule is CCCc1ccc(CN(C)C(=O)C2(CN)CC2)cc1. The molecule has 3 heteroatoms. The summed E-state index contributed by atoms with van der Waals surface area (Å²) in [4.78, 5) is 14.1. The van der Waals surface area contributed by atoms with Gasteiger partial charge in [0.25, 0.3) is 0 Å². The Morgan fingerprint density at radius 2 is 1.84 bits per heavy atom. The molecule has 0 aromatic heterocycles. The van der Waals surface area contributed by atoms with Crippen LogP contribution in [-0.2, 0) is 17.8 Å². The zero-order chi connectivity index (χ0) is 13.9. The Labute approximate surface area is 115 Å². The fraction of sp³-hybridized carbons (Fsp3) is 0.562. The van der Waals surface area contributed by atoms with Crippen LogP contribution >= 0.6 is 0 Å². The van der Waals surface area contributed by atoms with Crippen LogP contribution in [-0.4, -0.2) is 24.4 Å². The number of nitrogens with zero attached hydrogens (tertiary/aromatic N) is 1. The Bertz CT molecular complexity index is 435. The molecule has 0 unspecified atom stereocenters. The molecule has 0 aliphatic heterocycles. The molecule has 104 valence electrons. The fourth-order valence-electron chi connectivity index (χ4n) is 2.51. The van der Waals surface area contributed by atoms with Crippen LogP contribution in [0.5, 0.6) is 0 Å². The molecule has 1 aliphatic carbocycles. The normalized spacial score (nSPS) is 16.2. The Hall–Kier alpha value is -1.35. The minimum Gasteiger partial charge on any atom is -0.341 e. The van der Waals surface area contributed by atoms with Crippen molar-refractivity contribution in [2.75, 3.05) is 13.6 Å². The average molecular weight is 260 g/mol. The average Bonchev–Trinajstić information content (AvgIpc) is 3.21. The molecular formula is C16H24N2O. The third kappa shape index (κ3) is 3.16. The smallest absolute Gasteiger partial charge is 0.230 e. The van der Waals surface area contributed by atoms with Crippen LogP contribution in [0.15, 0.2) is 24.3 Å². The standard InChI is InChI=1S/C16H24N2O/c1-3-4-13-5-7-14(8-6-13)11-18(2)15(19)16(12-17)9-10-16/h5-8H,3-4,9-12,17H2,1-2H3. The Morgan fingerprint density at radius 1 is 1.26 bits per heavy atom. The van der Waals surface area contributed by atoms with E-state index in [0.29, 0.717) is 13.1 Å². The quantitative estimate of drug-likeness (QED) is 0.853. The van der Waals surface area contributed by atoms with E-state index in [-0.39, 0.29) is 11.3 Å². The fourth-order valence-corrected chi connectivity index (χ4v) is 2.51. The first kappa shape index (κ1) is 14.1. The molecule has 3 nitrogen and oxygen atoms in total. The predicted octanol–water partition coefficient (Wildman–Crippen LogP) is 2.34. The highest BCUT2D eigenvalue weighted by molar-refractivity contribution is 5.85. The van der Waals surface area contributed by atoms with E-state index in [4.69, 9.17) is 5.73 Å². The number of nitrogens with two attached hydrogens (primary N) is 1. The van der Waals surface area contributed by atoms with E-state index in [0.717, 1.165) is 25.7 Å². The molecule has 0 atom stereocenters. The lowest BCUT2D eigenvalue weighted by Crippen LogP contribution is -2.37. The van der Waals surface area contributed by atoms with Gasteiger partial charge in [0.15, 0.2) is 0 Å². The summed E-state index contributed by atoms with van der Waals surface area (Å²) < 4.78 is 0. The van der Waals surface area contributed by atoms with E-state index in [9.17, 15) is 4.79 Å². The van der Waals surface area contributed by atoms with Crippen molar-refractivity contribution in [3.8, 4) is 0 Å². The molecule has 0 heterocycles. The topological polar surface area (TPSA) is 46.3 Å². The first-order chi connectivity index (χ1) is 9.11. The minimum atomic E-state index is -0.239. The zero-order valence-corrected chi connectivity index (χ0v) is 12.0. The van der Waals surface area contributed by atoms with Gasteiger partial charge in [-0.1, -0.05) is 37.6 Å². The summed E-state index contributed by atoms with van der Waals surface area (Å²) in [6.45, 7) is 3.33. The first-order valence-corrected chi connectivity index (χ1v) is 7.15. The monoisotopic (exact) mass is 260 g/mol. The van der Waals surface area contributed by atoms with E-state index < -0.39 is 0 Å². The minimum absolute atomic E-state index is 0.202. The number of hydrogen-bond donors (Lipinski definition) is 1. The first-order valence-electron chi connectivity index (χ1n) is 7.15. The van der Waals surface area contributed by atoms with Crippen LogP contribution in [0.2, 0.25) is 0 Å². The lowest BCUT2D eigenvalue weighted by molar-refractivity contribution is -0.135. The summed E-state index contributed by atoms with van der Waals surface area (Å²) in [5.41, 5.74) is 8.01. The number of carbonyl (C=O) groups is 1. The third-order valence-electron chi connectivity index (χ3n) is 4.03. The predicted molar refractivity (Wildman–Crippen MR) is 77.6 cm³/mol. The van der Waals surface area contributed by atoms with Crippen molar-refractivity contribution in [2.24, 2.45) is 11.1 Å². The van der Waals surface area contributed by atoms with Crippen LogP contribution in [0.4, 0.5) is 0 Å². The maximum absolute atomic E-state index is 12.3. The molecule has 1 aromatic rings. The van der Waals surface area contributed by atoms with E-state index >= 15 is 0 Å².